The standard InChI is InChI=1S/C26H31NO5/c1-6-19-17-21(32-26(4,5)25(28)29-7-2)13-14-23(19)30-16-15-22-18(3)31-24(27-22)20-11-9-8-10-12-20/h8-14,17H,6-7,15-16H2,1-5H3. The molecule has 0 spiro atoms. The lowest BCUT2D eigenvalue weighted by molar-refractivity contribution is -0.158. The summed E-state index contributed by atoms with van der Waals surface area (Å²) in [5.74, 6) is 2.42. The minimum absolute atomic E-state index is 0.316. The van der Waals surface area contributed by atoms with Crippen molar-refractivity contribution in [3.05, 3.63) is 65.5 Å². The van der Waals surface area contributed by atoms with Crippen LogP contribution in [0.25, 0.3) is 11.5 Å². The predicted molar refractivity (Wildman–Crippen MR) is 123 cm³/mol. The third-order valence-corrected chi connectivity index (χ3v) is 5.06. The van der Waals surface area contributed by atoms with E-state index in [1.165, 1.54) is 0 Å². The SMILES string of the molecule is CCOC(=O)C(C)(C)Oc1ccc(OCCc2nc(-c3ccccc3)oc2C)c(CC)c1. The topological polar surface area (TPSA) is 70.8 Å². The normalized spacial score (nSPS) is 11.3. The van der Waals surface area contributed by atoms with Crippen molar-refractivity contribution in [2.75, 3.05) is 13.2 Å². The lowest BCUT2D eigenvalue weighted by Gasteiger charge is -2.24. The molecule has 3 rings (SSSR count). The van der Waals surface area contributed by atoms with E-state index in [2.05, 4.69) is 11.9 Å². The molecular weight excluding hydrogens is 406 g/mol. The van der Waals surface area contributed by atoms with Crippen LogP contribution < -0.4 is 9.47 Å². The van der Waals surface area contributed by atoms with Crippen LogP contribution >= 0.6 is 0 Å². The zero-order valence-electron chi connectivity index (χ0n) is 19.4. The molecule has 0 atom stereocenters. The molecule has 1 heterocycles. The van der Waals surface area contributed by atoms with Gasteiger partial charge in [0.15, 0.2) is 5.60 Å². The Hall–Kier alpha value is -3.28. The molecule has 0 radical (unpaired) electrons. The lowest BCUT2D eigenvalue weighted by Crippen LogP contribution is -2.39. The van der Waals surface area contributed by atoms with Crippen molar-refractivity contribution in [3.8, 4) is 23.0 Å². The number of aryl methyl sites for hydroxylation is 2. The Bertz CT molecular complexity index is 1040. The van der Waals surface area contributed by atoms with Gasteiger partial charge in [0.1, 0.15) is 17.3 Å². The summed E-state index contributed by atoms with van der Waals surface area (Å²) in [6.45, 7) is 9.94. The van der Waals surface area contributed by atoms with Crippen LogP contribution in [0.4, 0.5) is 0 Å². The molecule has 3 aromatic rings. The number of hydrogen-bond donors (Lipinski definition) is 0. The Morgan fingerprint density at radius 1 is 1.09 bits per heavy atom. The summed E-state index contributed by atoms with van der Waals surface area (Å²) in [6.07, 6.45) is 1.41. The van der Waals surface area contributed by atoms with Gasteiger partial charge in [0.2, 0.25) is 5.89 Å². The van der Waals surface area contributed by atoms with Crippen molar-refractivity contribution in [2.45, 2.75) is 53.1 Å². The molecule has 0 fully saturated rings. The summed E-state index contributed by atoms with van der Waals surface area (Å²) in [5.41, 5.74) is 1.78. The Kier molecular flexibility index (Phi) is 7.57. The van der Waals surface area contributed by atoms with Crippen LogP contribution in [0.2, 0.25) is 0 Å². The van der Waals surface area contributed by atoms with Gasteiger partial charge in [-0.05, 0) is 70.0 Å². The summed E-state index contributed by atoms with van der Waals surface area (Å²) < 4.78 is 22.9. The maximum absolute atomic E-state index is 12.1. The minimum atomic E-state index is -1.07. The Labute approximate surface area is 189 Å². The van der Waals surface area contributed by atoms with Gasteiger partial charge >= 0.3 is 5.97 Å². The fourth-order valence-corrected chi connectivity index (χ4v) is 3.30. The molecule has 32 heavy (non-hydrogen) atoms. The van der Waals surface area contributed by atoms with E-state index >= 15 is 0 Å². The molecule has 6 nitrogen and oxygen atoms in total. The van der Waals surface area contributed by atoms with E-state index in [1.807, 2.05) is 55.5 Å². The lowest BCUT2D eigenvalue weighted by atomic mass is 10.1. The molecule has 0 aliphatic rings. The zero-order valence-corrected chi connectivity index (χ0v) is 19.4. The number of rotatable bonds is 10. The first-order valence-electron chi connectivity index (χ1n) is 11.0. The number of ether oxygens (including phenoxy) is 3. The fraction of sp³-hybridized carbons (Fsp3) is 0.385. The number of carbonyl (C=O) groups is 1. The summed E-state index contributed by atoms with van der Waals surface area (Å²) in [4.78, 5) is 16.7. The Morgan fingerprint density at radius 2 is 1.84 bits per heavy atom. The molecule has 0 amide bonds. The van der Waals surface area contributed by atoms with Crippen LogP contribution in [0.5, 0.6) is 11.5 Å². The molecule has 0 saturated heterocycles. The molecule has 2 aromatic carbocycles. The van der Waals surface area contributed by atoms with E-state index in [4.69, 9.17) is 18.6 Å². The number of esters is 1. The largest absolute Gasteiger partial charge is 0.493 e. The second kappa shape index (κ2) is 10.4. The maximum atomic E-state index is 12.1. The van der Waals surface area contributed by atoms with Crippen LogP contribution in [-0.4, -0.2) is 29.8 Å². The number of nitrogens with zero attached hydrogens (tertiary/aromatic N) is 1. The van der Waals surface area contributed by atoms with Crippen LogP contribution in [0, 0.1) is 6.92 Å². The number of carbonyl (C=O) groups excluding carboxylic acids is 1. The fourth-order valence-electron chi connectivity index (χ4n) is 3.30. The van der Waals surface area contributed by atoms with E-state index in [0.717, 1.165) is 34.8 Å². The molecular formula is C26H31NO5. The maximum Gasteiger partial charge on any atom is 0.349 e. The van der Waals surface area contributed by atoms with Gasteiger partial charge in [0.05, 0.1) is 18.9 Å². The number of benzene rings is 2. The predicted octanol–water partition coefficient (Wildman–Crippen LogP) is 5.55. The van der Waals surface area contributed by atoms with Gasteiger partial charge in [0.25, 0.3) is 0 Å². The van der Waals surface area contributed by atoms with Gasteiger partial charge in [-0.15, -0.1) is 0 Å². The van der Waals surface area contributed by atoms with Crippen LogP contribution in [0.3, 0.4) is 0 Å². The smallest absolute Gasteiger partial charge is 0.349 e. The van der Waals surface area contributed by atoms with Gasteiger partial charge in [-0.3, -0.25) is 0 Å². The van der Waals surface area contributed by atoms with E-state index in [9.17, 15) is 4.79 Å². The third kappa shape index (κ3) is 5.69. The first-order chi connectivity index (χ1) is 15.3. The second-order valence-corrected chi connectivity index (χ2v) is 7.94. The average molecular weight is 438 g/mol. The summed E-state index contributed by atoms with van der Waals surface area (Å²) in [6, 6.07) is 15.4. The van der Waals surface area contributed by atoms with Crippen molar-refractivity contribution in [1.29, 1.82) is 0 Å². The Morgan fingerprint density at radius 3 is 2.53 bits per heavy atom. The van der Waals surface area contributed by atoms with Gasteiger partial charge in [-0.2, -0.15) is 0 Å². The highest BCUT2D eigenvalue weighted by Crippen LogP contribution is 2.28. The quantitative estimate of drug-likeness (QED) is 0.387. The monoisotopic (exact) mass is 437 g/mol. The van der Waals surface area contributed by atoms with Crippen LogP contribution in [-0.2, 0) is 22.4 Å². The highest BCUT2D eigenvalue weighted by molar-refractivity contribution is 5.79. The number of oxazole rings is 1. The molecule has 0 unspecified atom stereocenters. The molecule has 0 saturated carbocycles. The van der Waals surface area contributed by atoms with Gasteiger partial charge in [0, 0.05) is 12.0 Å². The first kappa shape index (κ1) is 23.4. The summed E-state index contributed by atoms with van der Waals surface area (Å²) in [5, 5.41) is 0. The van der Waals surface area contributed by atoms with Crippen LogP contribution in [0.1, 0.15) is 44.7 Å². The molecule has 1 aromatic heterocycles. The van der Waals surface area contributed by atoms with E-state index in [-0.39, 0.29) is 0 Å². The number of aromatic nitrogens is 1. The van der Waals surface area contributed by atoms with Crippen molar-refractivity contribution in [3.63, 3.8) is 0 Å². The molecule has 0 bridgehead atoms. The summed E-state index contributed by atoms with van der Waals surface area (Å²) >= 11 is 0. The molecule has 170 valence electrons. The van der Waals surface area contributed by atoms with Crippen molar-refractivity contribution >= 4 is 5.97 Å². The van der Waals surface area contributed by atoms with Gasteiger partial charge in [-0.25, -0.2) is 9.78 Å². The molecule has 0 aliphatic heterocycles. The minimum Gasteiger partial charge on any atom is -0.493 e. The van der Waals surface area contributed by atoms with Crippen molar-refractivity contribution < 1.29 is 23.4 Å². The molecule has 0 aliphatic carbocycles. The molecule has 6 heteroatoms. The van der Waals surface area contributed by atoms with E-state index in [0.29, 0.717) is 31.3 Å². The zero-order chi connectivity index (χ0) is 23.1. The first-order valence-corrected chi connectivity index (χ1v) is 11.0. The highest BCUT2D eigenvalue weighted by atomic mass is 16.6. The van der Waals surface area contributed by atoms with E-state index in [1.54, 1.807) is 20.8 Å². The number of hydrogen-bond acceptors (Lipinski definition) is 6. The van der Waals surface area contributed by atoms with E-state index < -0.39 is 11.6 Å². The Balaban J connectivity index is 1.63. The second-order valence-electron chi connectivity index (χ2n) is 7.94. The van der Waals surface area contributed by atoms with Gasteiger partial charge in [-0.1, -0.05) is 25.1 Å². The van der Waals surface area contributed by atoms with Crippen LogP contribution in [0.15, 0.2) is 52.9 Å². The van der Waals surface area contributed by atoms with Crippen molar-refractivity contribution in [2.24, 2.45) is 0 Å². The average Bonchev–Trinajstić information content (AvgIpc) is 3.15. The highest BCUT2D eigenvalue weighted by Gasteiger charge is 2.31. The molecule has 0 N–H and O–H groups in total. The van der Waals surface area contributed by atoms with Crippen molar-refractivity contribution in [1.82, 2.24) is 4.98 Å². The van der Waals surface area contributed by atoms with Gasteiger partial charge < -0.3 is 18.6 Å². The third-order valence-electron chi connectivity index (χ3n) is 5.06. The summed E-state index contributed by atoms with van der Waals surface area (Å²) in [7, 11) is 0.